The molecule has 0 unspecified atom stereocenters. The first-order valence-electron chi connectivity index (χ1n) is 6.98. The van der Waals surface area contributed by atoms with E-state index in [1.807, 2.05) is 35.9 Å². The van der Waals surface area contributed by atoms with Crippen molar-refractivity contribution in [3.05, 3.63) is 51.3 Å². The van der Waals surface area contributed by atoms with Crippen molar-refractivity contribution in [1.29, 1.82) is 0 Å². The molecule has 3 rings (SSSR count). The van der Waals surface area contributed by atoms with Crippen molar-refractivity contribution < 1.29 is 4.79 Å². The van der Waals surface area contributed by atoms with Crippen LogP contribution in [0.5, 0.6) is 0 Å². The third-order valence-corrected chi connectivity index (χ3v) is 4.78. The van der Waals surface area contributed by atoms with Gasteiger partial charge >= 0.3 is 0 Å². The van der Waals surface area contributed by atoms with Crippen LogP contribution in [0.3, 0.4) is 0 Å². The molecule has 21 heavy (non-hydrogen) atoms. The van der Waals surface area contributed by atoms with Crippen LogP contribution in [0.2, 0.25) is 10.0 Å². The maximum atomic E-state index is 12.3. The lowest BCUT2D eigenvalue weighted by Crippen LogP contribution is -2.27. The Morgan fingerprint density at radius 2 is 1.86 bits per heavy atom. The average molecular weight is 322 g/mol. The fourth-order valence-corrected chi connectivity index (χ4v) is 3.46. The molecule has 0 fully saturated rings. The van der Waals surface area contributed by atoms with Crippen molar-refractivity contribution in [2.24, 2.45) is 5.41 Å². The van der Waals surface area contributed by atoms with E-state index in [-0.39, 0.29) is 11.2 Å². The number of carbonyl (C=O) groups is 1. The van der Waals surface area contributed by atoms with E-state index in [0.717, 1.165) is 28.9 Å². The van der Waals surface area contributed by atoms with Gasteiger partial charge in [0.05, 0.1) is 10.7 Å². The van der Waals surface area contributed by atoms with Gasteiger partial charge in [0.2, 0.25) is 0 Å². The molecule has 2 aromatic rings. The van der Waals surface area contributed by atoms with Crippen molar-refractivity contribution in [1.82, 2.24) is 4.57 Å². The lowest BCUT2D eigenvalue weighted by atomic mass is 9.76. The molecule has 4 heteroatoms. The number of ketones is 1. The maximum Gasteiger partial charge on any atom is 0.165 e. The van der Waals surface area contributed by atoms with Gasteiger partial charge in [-0.15, -0.1) is 0 Å². The first kappa shape index (κ1) is 14.7. The number of rotatable bonds is 1. The van der Waals surface area contributed by atoms with Crippen molar-refractivity contribution in [2.75, 3.05) is 0 Å². The molecule has 0 spiro atoms. The van der Waals surface area contributed by atoms with Crippen LogP contribution in [0.1, 0.15) is 41.9 Å². The molecule has 1 aliphatic carbocycles. The zero-order valence-corrected chi connectivity index (χ0v) is 13.8. The van der Waals surface area contributed by atoms with E-state index in [4.69, 9.17) is 23.2 Å². The first-order chi connectivity index (χ1) is 9.78. The number of aromatic nitrogens is 1. The van der Waals surface area contributed by atoms with E-state index in [1.54, 1.807) is 0 Å². The molecule has 1 aromatic carbocycles. The molecule has 0 bridgehead atoms. The van der Waals surface area contributed by atoms with E-state index in [0.29, 0.717) is 16.5 Å². The summed E-state index contributed by atoms with van der Waals surface area (Å²) >= 11 is 12.6. The van der Waals surface area contributed by atoms with Gasteiger partial charge in [-0.3, -0.25) is 4.79 Å². The normalized spacial score (nSPS) is 16.9. The summed E-state index contributed by atoms with van der Waals surface area (Å²) in [7, 11) is 0. The van der Waals surface area contributed by atoms with E-state index >= 15 is 0 Å². The predicted octanol–water partition coefficient (Wildman–Crippen LogP) is 5.25. The van der Waals surface area contributed by atoms with Crippen LogP contribution in [-0.4, -0.2) is 10.4 Å². The third kappa shape index (κ3) is 2.51. The van der Waals surface area contributed by atoms with Crippen LogP contribution in [0.4, 0.5) is 0 Å². The topological polar surface area (TPSA) is 22.0 Å². The number of Topliss-reactive ketones (excluding diaryl/α,β-unsaturated/α-hetero) is 1. The summed E-state index contributed by atoms with van der Waals surface area (Å²) in [6.45, 7) is 6.17. The summed E-state index contributed by atoms with van der Waals surface area (Å²) in [5.74, 6) is 0.203. The van der Waals surface area contributed by atoms with Crippen LogP contribution in [0.15, 0.2) is 24.4 Å². The van der Waals surface area contributed by atoms with Gasteiger partial charge in [0, 0.05) is 28.9 Å². The Kier molecular flexibility index (Phi) is 3.42. The summed E-state index contributed by atoms with van der Waals surface area (Å²) in [5, 5.41) is 1.32. The van der Waals surface area contributed by atoms with Gasteiger partial charge in [0.1, 0.15) is 0 Å². The predicted molar refractivity (Wildman–Crippen MR) is 87.0 cm³/mol. The van der Waals surface area contributed by atoms with Gasteiger partial charge in [-0.2, -0.15) is 0 Å². The zero-order chi connectivity index (χ0) is 15.4. The van der Waals surface area contributed by atoms with Crippen LogP contribution in [0.25, 0.3) is 5.69 Å². The fourth-order valence-electron chi connectivity index (χ4n) is 2.99. The minimum Gasteiger partial charge on any atom is -0.319 e. The van der Waals surface area contributed by atoms with E-state index in [2.05, 4.69) is 13.8 Å². The third-order valence-electron chi connectivity index (χ3n) is 4.07. The zero-order valence-electron chi connectivity index (χ0n) is 12.3. The van der Waals surface area contributed by atoms with Crippen molar-refractivity contribution in [3.8, 4) is 5.69 Å². The number of hydrogen-bond acceptors (Lipinski definition) is 1. The Labute approximate surface area is 134 Å². The molecule has 1 aromatic heterocycles. The van der Waals surface area contributed by atoms with Crippen molar-refractivity contribution in [2.45, 2.75) is 33.6 Å². The van der Waals surface area contributed by atoms with Crippen LogP contribution in [0, 0.1) is 12.3 Å². The monoisotopic (exact) mass is 321 g/mol. The molecule has 1 aliphatic rings. The van der Waals surface area contributed by atoms with E-state index in [9.17, 15) is 4.79 Å². The molecule has 0 atom stereocenters. The van der Waals surface area contributed by atoms with Crippen LogP contribution < -0.4 is 0 Å². The molecule has 1 heterocycles. The van der Waals surface area contributed by atoms with Gasteiger partial charge in [-0.05, 0) is 42.5 Å². The van der Waals surface area contributed by atoms with E-state index < -0.39 is 0 Å². The Hall–Kier alpha value is -1.25. The second-order valence-corrected chi connectivity index (χ2v) is 7.35. The standard InChI is InChI=1S/C17H17Cl2NO/c1-10-6-13(19)14(7-12(10)18)20-5-4-11-15(20)8-17(2,3)9-16(11)21/h4-7H,8-9H2,1-3H3. The summed E-state index contributed by atoms with van der Waals surface area (Å²) in [4.78, 5) is 12.3. The highest BCUT2D eigenvalue weighted by Gasteiger charge is 2.33. The van der Waals surface area contributed by atoms with E-state index in [1.165, 1.54) is 0 Å². The second-order valence-electron chi connectivity index (χ2n) is 6.54. The van der Waals surface area contributed by atoms with Crippen LogP contribution >= 0.6 is 23.2 Å². The minimum absolute atomic E-state index is 0.0266. The second kappa shape index (κ2) is 4.89. The molecule has 0 amide bonds. The first-order valence-corrected chi connectivity index (χ1v) is 7.73. The number of fused-ring (bicyclic) bond motifs is 1. The minimum atomic E-state index is -0.0266. The number of nitrogens with zero attached hydrogens (tertiary/aromatic N) is 1. The van der Waals surface area contributed by atoms with Crippen molar-refractivity contribution >= 4 is 29.0 Å². The Bertz CT molecular complexity index is 743. The number of halogens is 2. The summed E-state index contributed by atoms with van der Waals surface area (Å²) < 4.78 is 2.00. The van der Waals surface area contributed by atoms with Crippen molar-refractivity contribution in [3.63, 3.8) is 0 Å². The number of hydrogen-bond donors (Lipinski definition) is 0. The summed E-state index contributed by atoms with van der Waals surface area (Å²) in [6, 6.07) is 5.62. The average Bonchev–Trinajstić information content (AvgIpc) is 2.76. The number of aryl methyl sites for hydroxylation is 1. The SMILES string of the molecule is Cc1cc(Cl)c(-n2ccc3c2CC(C)(C)CC3=O)cc1Cl. The van der Waals surface area contributed by atoms with Crippen LogP contribution in [-0.2, 0) is 6.42 Å². The molecule has 0 saturated heterocycles. The maximum absolute atomic E-state index is 12.3. The molecule has 0 aliphatic heterocycles. The molecule has 0 N–H and O–H groups in total. The lowest BCUT2D eigenvalue weighted by molar-refractivity contribution is 0.0911. The molecule has 0 radical (unpaired) electrons. The smallest absolute Gasteiger partial charge is 0.165 e. The molecular formula is C17H17Cl2NO. The Morgan fingerprint density at radius 1 is 1.14 bits per heavy atom. The largest absolute Gasteiger partial charge is 0.319 e. The van der Waals surface area contributed by atoms with Gasteiger partial charge in [-0.1, -0.05) is 37.0 Å². The highest BCUT2D eigenvalue weighted by molar-refractivity contribution is 6.35. The lowest BCUT2D eigenvalue weighted by Gasteiger charge is -2.30. The quantitative estimate of drug-likeness (QED) is 0.703. The summed E-state index contributed by atoms with van der Waals surface area (Å²) in [5.41, 5.74) is 3.59. The number of benzene rings is 1. The Balaban J connectivity index is 2.19. The molecule has 2 nitrogen and oxygen atoms in total. The summed E-state index contributed by atoms with van der Waals surface area (Å²) in [6.07, 6.45) is 3.35. The van der Waals surface area contributed by atoms with Gasteiger partial charge in [0.25, 0.3) is 0 Å². The Morgan fingerprint density at radius 3 is 2.57 bits per heavy atom. The van der Waals surface area contributed by atoms with Gasteiger partial charge in [-0.25, -0.2) is 0 Å². The fraction of sp³-hybridized carbons (Fsp3) is 0.353. The van der Waals surface area contributed by atoms with Gasteiger partial charge < -0.3 is 4.57 Å². The molecular weight excluding hydrogens is 305 g/mol. The highest BCUT2D eigenvalue weighted by Crippen LogP contribution is 2.38. The highest BCUT2D eigenvalue weighted by atomic mass is 35.5. The number of carbonyl (C=O) groups excluding carboxylic acids is 1. The molecule has 110 valence electrons. The van der Waals surface area contributed by atoms with Gasteiger partial charge in [0.15, 0.2) is 5.78 Å². The molecule has 0 saturated carbocycles.